The van der Waals surface area contributed by atoms with Crippen LogP contribution in [0.15, 0.2) is 48.5 Å². The van der Waals surface area contributed by atoms with E-state index in [1.165, 1.54) is 18.2 Å². The van der Waals surface area contributed by atoms with Crippen LogP contribution in [-0.4, -0.2) is 23.8 Å². The topological polar surface area (TPSA) is 84.9 Å². The van der Waals surface area contributed by atoms with E-state index in [1.54, 1.807) is 0 Å². The maximum absolute atomic E-state index is 12.1. The molecule has 6 nitrogen and oxygen atoms in total. The van der Waals surface area contributed by atoms with Gasteiger partial charge in [0.2, 0.25) is 0 Å². The molecule has 0 fully saturated rings. The Morgan fingerprint density at radius 1 is 1.08 bits per heavy atom. The first-order valence-corrected chi connectivity index (χ1v) is 8.08. The summed E-state index contributed by atoms with van der Waals surface area (Å²) in [5.41, 5.74) is 1.21. The van der Waals surface area contributed by atoms with Gasteiger partial charge in [0.25, 0.3) is 0 Å². The van der Waals surface area contributed by atoms with Gasteiger partial charge >= 0.3 is 12.1 Å². The molecule has 25 heavy (non-hydrogen) atoms. The number of hydrogen-bond donors (Lipinski definition) is 2. The second-order valence-corrected chi connectivity index (χ2v) is 5.41. The van der Waals surface area contributed by atoms with Gasteiger partial charge in [0.1, 0.15) is 17.9 Å². The highest BCUT2D eigenvalue weighted by Gasteiger charge is 2.14. The van der Waals surface area contributed by atoms with E-state index in [1.807, 2.05) is 37.3 Å². The first-order valence-electron chi connectivity index (χ1n) is 8.08. The highest BCUT2D eigenvalue weighted by molar-refractivity contribution is 5.94. The Bertz CT molecular complexity index is 715. The molecule has 0 radical (unpaired) electrons. The molecule has 0 aliphatic carbocycles. The minimum atomic E-state index is -0.640. The molecule has 2 aromatic carbocycles. The number of amides is 1. The first-order chi connectivity index (χ1) is 12.1. The zero-order valence-corrected chi connectivity index (χ0v) is 14.0. The van der Waals surface area contributed by atoms with Gasteiger partial charge < -0.3 is 14.6 Å². The van der Waals surface area contributed by atoms with Crippen LogP contribution in [0.25, 0.3) is 0 Å². The lowest BCUT2D eigenvalue weighted by Crippen LogP contribution is -2.14. The van der Waals surface area contributed by atoms with Gasteiger partial charge in [-0.05, 0) is 24.1 Å². The Labute approximate surface area is 146 Å². The lowest BCUT2D eigenvalue weighted by atomic mass is 10.2. The lowest BCUT2D eigenvalue weighted by Gasteiger charge is -2.09. The number of rotatable bonds is 7. The summed E-state index contributed by atoms with van der Waals surface area (Å²) < 4.78 is 10.1. The average Bonchev–Trinajstić information content (AvgIpc) is 2.61. The molecule has 0 aliphatic rings. The van der Waals surface area contributed by atoms with Gasteiger partial charge in [-0.15, -0.1) is 0 Å². The summed E-state index contributed by atoms with van der Waals surface area (Å²) in [6.45, 7) is 2.44. The zero-order chi connectivity index (χ0) is 18.1. The number of phenols is 1. The fourth-order valence-electron chi connectivity index (χ4n) is 2.05. The number of unbranched alkanes of at least 4 members (excludes halogenated alkanes) is 1. The molecular weight excluding hydrogens is 322 g/mol. The number of carbonyl (C=O) groups excluding carboxylic acids is 2. The number of hydrogen-bond acceptors (Lipinski definition) is 5. The van der Waals surface area contributed by atoms with Crippen LogP contribution in [0.2, 0.25) is 0 Å². The van der Waals surface area contributed by atoms with Crippen molar-refractivity contribution in [1.82, 2.24) is 0 Å². The van der Waals surface area contributed by atoms with E-state index in [4.69, 9.17) is 9.47 Å². The summed E-state index contributed by atoms with van der Waals surface area (Å²) in [4.78, 5) is 23.6. The first kappa shape index (κ1) is 18.3. The molecule has 0 bridgehead atoms. The van der Waals surface area contributed by atoms with Crippen molar-refractivity contribution in [1.29, 1.82) is 0 Å². The third kappa shape index (κ3) is 5.84. The van der Waals surface area contributed by atoms with E-state index in [0.717, 1.165) is 18.4 Å². The van der Waals surface area contributed by atoms with E-state index in [9.17, 15) is 14.7 Å². The Hall–Kier alpha value is -3.02. The molecule has 132 valence electrons. The monoisotopic (exact) mass is 343 g/mol. The molecule has 0 aromatic heterocycles. The van der Waals surface area contributed by atoms with Crippen molar-refractivity contribution in [3.8, 4) is 5.75 Å². The second-order valence-electron chi connectivity index (χ2n) is 5.41. The van der Waals surface area contributed by atoms with E-state index >= 15 is 0 Å². The number of anilines is 1. The lowest BCUT2D eigenvalue weighted by molar-refractivity contribution is 0.0469. The smallest absolute Gasteiger partial charge is 0.411 e. The molecule has 2 N–H and O–H groups in total. The third-order valence-electron chi connectivity index (χ3n) is 3.41. The van der Waals surface area contributed by atoms with Crippen molar-refractivity contribution in [2.24, 2.45) is 0 Å². The number of nitrogens with one attached hydrogen (secondary N) is 1. The van der Waals surface area contributed by atoms with Crippen molar-refractivity contribution in [3.05, 3.63) is 59.7 Å². The van der Waals surface area contributed by atoms with Crippen molar-refractivity contribution in [3.63, 3.8) is 0 Å². The van der Waals surface area contributed by atoms with Gasteiger partial charge in [-0.1, -0.05) is 43.7 Å². The SMILES string of the molecule is CCCCOC(=O)Nc1ccc(C(=O)OCc2ccccc2)c(O)c1. The number of esters is 1. The maximum atomic E-state index is 12.1. The molecule has 0 spiro atoms. The van der Waals surface area contributed by atoms with Crippen LogP contribution >= 0.6 is 0 Å². The quantitative estimate of drug-likeness (QED) is 0.584. The summed E-state index contributed by atoms with van der Waals surface area (Å²) in [5, 5.41) is 12.5. The molecule has 1 amide bonds. The van der Waals surface area contributed by atoms with Gasteiger partial charge in [0, 0.05) is 11.8 Å². The summed E-state index contributed by atoms with van der Waals surface area (Å²) in [6, 6.07) is 13.4. The molecule has 2 aromatic rings. The molecule has 6 heteroatoms. The molecule has 2 rings (SSSR count). The van der Waals surface area contributed by atoms with Crippen LogP contribution in [0.4, 0.5) is 10.5 Å². The molecule has 0 unspecified atom stereocenters. The second kappa shape index (κ2) is 9.32. The van der Waals surface area contributed by atoms with E-state index in [2.05, 4.69) is 5.32 Å². The number of aromatic hydroxyl groups is 1. The Kier molecular flexibility index (Phi) is 6.83. The van der Waals surface area contributed by atoms with Crippen molar-refractivity contribution >= 4 is 17.7 Å². The molecule has 0 saturated carbocycles. The van der Waals surface area contributed by atoms with Crippen molar-refractivity contribution in [2.75, 3.05) is 11.9 Å². The Morgan fingerprint density at radius 3 is 2.52 bits per heavy atom. The third-order valence-corrected chi connectivity index (χ3v) is 3.41. The van der Waals surface area contributed by atoms with Gasteiger partial charge in [-0.3, -0.25) is 5.32 Å². The van der Waals surface area contributed by atoms with Crippen LogP contribution in [0.1, 0.15) is 35.7 Å². The van der Waals surface area contributed by atoms with Crippen molar-refractivity contribution < 1.29 is 24.2 Å². The zero-order valence-electron chi connectivity index (χ0n) is 14.0. The number of ether oxygens (including phenoxy) is 2. The largest absolute Gasteiger partial charge is 0.507 e. The van der Waals surface area contributed by atoms with E-state index in [0.29, 0.717) is 12.3 Å². The summed E-state index contributed by atoms with van der Waals surface area (Å²) in [5.74, 6) is -0.914. The van der Waals surface area contributed by atoms with Gasteiger partial charge in [0.15, 0.2) is 0 Å². The van der Waals surface area contributed by atoms with Gasteiger partial charge in [0.05, 0.1) is 6.61 Å². The average molecular weight is 343 g/mol. The van der Waals surface area contributed by atoms with E-state index in [-0.39, 0.29) is 17.9 Å². The molecule has 0 heterocycles. The fraction of sp³-hybridized carbons (Fsp3) is 0.263. The number of benzene rings is 2. The van der Waals surface area contributed by atoms with Gasteiger partial charge in [-0.25, -0.2) is 9.59 Å². The fourth-order valence-corrected chi connectivity index (χ4v) is 2.05. The molecule has 0 aliphatic heterocycles. The van der Waals surface area contributed by atoms with Crippen LogP contribution < -0.4 is 5.32 Å². The van der Waals surface area contributed by atoms with Crippen LogP contribution in [0.3, 0.4) is 0 Å². The normalized spacial score (nSPS) is 10.1. The summed E-state index contributed by atoms with van der Waals surface area (Å²) in [7, 11) is 0. The van der Waals surface area contributed by atoms with Crippen molar-refractivity contribution in [2.45, 2.75) is 26.4 Å². The van der Waals surface area contributed by atoms with E-state index < -0.39 is 12.1 Å². The number of carbonyl (C=O) groups is 2. The maximum Gasteiger partial charge on any atom is 0.411 e. The Balaban J connectivity index is 1.92. The van der Waals surface area contributed by atoms with Crippen LogP contribution in [0.5, 0.6) is 5.75 Å². The van der Waals surface area contributed by atoms with Gasteiger partial charge in [-0.2, -0.15) is 0 Å². The highest BCUT2D eigenvalue weighted by Crippen LogP contribution is 2.23. The predicted molar refractivity (Wildman–Crippen MR) is 93.5 cm³/mol. The standard InChI is InChI=1S/C19H21NO5/c1-2-3-11-24-19(23)20-15-9-10-16(17(21)12-15)18(22)25-13-14-7-5-4-6-8-14/h4-10,12,21H,2-3,11,13H2,1H3,(H,20,23). The Morgan fingerprint density at radius 2 is 1.84 bits per heavy atom. The minimum Gasteiger partial charge on any atom is -0.507 e. The number of phenolic OH excluding ortho intramolecular Hbond substituents is 1. The molecular formula is C19H21NO5. The summed E-state index contributed by atoms with van der Waals surface area (Å²) in [6.07, 6.45) is 1.10. The predicted octanol–water partition coefficient (Wildman–Crippen LogP) is 4.10. The molecule has 0 atom stereocenters. The van der Waals surface area contributed by atoms with Crippen LogP contribution in [0, 0.1) is 0 Å². The minimum absolute atomic E-state index is 0.0285. The highest BCUT2D eigenvalue weighted by atomic mass is 16.5. The molecule has 0 saturated heterocycles. The van der Waals surface area contributed by atoms with Crippen LogP contribution in [-0.2, 0) is 16.1 Å². The summed E-state index contributed by atoms with van der Waals surface area (Å²) >= 11 is 0.